The van der Waals surface area contributed by atoms with Gasteiger partial charge in [0.2, 0.25) is 0 Å². The quantitative estimate of drug-likeness (QED) is 0.518. The van der Waals surface area contributed by atoms with Crippen LogP contribution in [0.3, 0.4) is 0 Å². The second-order valence-electron chi connectivity index (χ2n) is 5.62. The van der Waals surface area contributed by atoms with Crippen LogP contribution < -0.4 is 0 Å². The summed E-state index contributed by atoms with van der Waals surface area (Å²) < 4.78 is 48.6. The van der Waals surface area contributed by atoms with Gasteiger partial charge < -0.3 is 9.47 Å². The topological polar surface area (TPSA) is 47.9 Å². The highest BCUT2D eigenvalue weighted by molar-refractivity contribution is 6.00. The van der Waals surface area contributed by atoms with Crippen LogP contribution in [-0.2, 0) is 20.4 Å². The Morgan fingerprint density at radius 1 is 1.29 bits per heavy atom. The summed E-state index contributed by atoms with van der Waals surface area (Å²) in [5, 5.41) is 0. The summed E-state index contributed by atoms with van der Waals surface area (Å²) in [6.45, 7) is 6.36. The van der Waals surface area contributed by atoms with Crippen molar-refractivity contribution in [2.24, 2.45) is 10.9 Å². The zero-order chi connectivity index (χ0) is 18.2. The van der Waals surface area contributed by atoms with Crippen molar-refractivity contribution in [1.82, 2.24) is 0 Å². The molecule has 0 saturated carbocycles. The van der Waals surface area contributed by atoms with Crippen molar-refractivity contribution in [3.8, 4) is 0 Å². The summed E-state index contributed by atoms with van der Waals surface area (Å²) >= 11 is 0. The normalized spacial score (nSPS) is 12.5. The molecule has 0 N–H and O–H groups in total. The van der Waals surface area contributed by atoms with Crippen molar-refractivity contribution < 1.29 is 27.4 Å². The second kappa shape index (κ2) is 9.42. The molecule has 0 saturated heterocycles. The minimum absolute atomic E-state index is 0.0627. The molecule has 0 bridgehead atoms. The van der Waals surface area contributed by atoms with E-state index in [-0.39, 0.29) is 25.3 Å². The third kappa shape index (κ3) is 7.59. The van der Waals surface area contributed by atoms with E-state index in [4.69, 9.17) is 9.47 Å². The van der Waals surface area contributed by atoms with Gasteiger partial charge in [-0.15, -0.1) is 0 Å². The van der Waals surface area contributed by atoms with Gasteiger partial charge in [0.05, 0.1) is 36.6 Å². The molecule has 4 nitrogen and oxygen atoms in total. The molecule has 24 heavy (non-hydrogen) atoms. The summed E-state index contributed by atoms with van der Waals surface area (Å²) in [5.41, 5.74) is -0.340. The molecule has 7 heteroatoms. The van der Waals surface area contributed by atoms with Gasteiger partial charge in [-0.1, -0.05) is 19.9 Å². The molecule has 0 spiro atoms. The third-order valence-electron chi connectivity index (χ3n) is 2.83. The Labute approximate surface area is 139 Å². The van der Waals surface area contributed by atoms with Gasteiger partial charge in [-0.25, -0.2) is 0 Å². The number of esters is 1. The van der Waals surface area contributed by atoms with Crippen LogP contribution in [0.1, 0.15) is 32.8 Å². The van der Waals surface area contributed by atoms with E-state index in [0.29, 0.717) is 18.2 Å². The van der Waals surface area contributed by atoms with E-state index in [9.17, 15) is 18.0 Å². The highest BCUT2D eigenvalue weighted by atomic mass is 19.4. The molecule has 0 aliphatic rings. The predicted molar refractivity (Wildman–Crippen MR) is 85.4 cm³/mol. The van der Waals surface area contributed by atoms with Gasteiger partial charge in [0.15, 0.2) is 0 Å². The Morgan fingerprint density at radius 2 is 2.00 bits per heavy atom. The lowest BCUT2D eigenvalue weighted by Crippen LogP contribution is -2.17. The smallest absolute Gasteiger partial charge is 0.416 e. The zero-order valence-corrected chi connectivity index (χ0v) is 14.0. The van der Waals surface area contributed by atoms with Crippen LogP contribution in [0.25, 0.3) is 0 Å². The van der Waals surface area contributed by atoms with E-state index >= 15 is 0 Å². The van der Waals surface area contributed by atoms with E-state index in [0.717, 1.165) is 12.1 Å². The molecule has 1 rings (SSSR count). The van der Waals surface area contributed by atoms with Crippen molar-refractivity contribution >= 4 is 17.4 Å². The third-order valence-corrected chi connectivity index (χ3v) is 2.83. The van der Waals surface area contributed by atoms with Gasteiger partial charge in [-0.05, 0) is 31.0 Å². The number of benzene rings is 1. The molecule has 0 aromatic heterocycles. The van der Waals surface area contributed by atoms with Crippen molar-refractivity contribution in [3.05, 3.63) is 29.8 Å². The maximum Gasteiger partial charge on any atom is 0.416 e. The number of aliphatic imine (C=N–C) groups is 1. The number of alkyl halides is 3. The highest BCUT2D eigenvalue weighted by Gasteiger charge is 2.30. The fourth-order valence-electron chi connectivity index (χ4n) is 1.85. The first-order valence-electron chi connectivity index (χ1n) is 7.69. The van der Waals surface area contributed by atoms with Crippen molar-refractivity contribution in [1.29, 1.82) is 0 Å². The average molecular weight is 345 g/mol. The first kappa shape index (κ1) is 20.2. The number of halogens is 3. The van der Waals surface area contributed by atoms with Crippen LogP contribution in [0, 0.1) is 5.92 Å². The van der Waals surface area contributed by atoms with Crippen LogP contribution in [0.2, 0.25) is 0 Å². The molecular weight excluding hydrogens is 323 g/mol. The fourth-order valence-corrected chi connectivity index (χ4v) is 1.85. The van der Waals surface area contributed by atoms with E-state index < -0.39 is 17.7 Å². The number of carbonyl (C=O) groups excluding carboxylic acids is 1. The number of nitrogens with zero attached hydrogens (tertiary/aromatic N) is 1. The van der Waals surface area contributed by atoms with Crippen LogP contribution in [0.5, 0.6) is 0 Å². The summed E-state index contributed by atoms with van der Waals surface area (Å²) in [4.78, 5) is 15.8. The molecule has 0 unspecified atom stereocenters. The lowest BCUT2D eigenvalue weighted by molar-refractivity contribution is -0.141. The maximum atomic E-state index is 12.8. The van der Waals surface area contributed by atoms with E-state index in [1.165, 1.54) is 12.1 Å². The van der Waals surface area contributed by atoms with E-state index in [1.807, 2.05) is 13.8 Å². The Kier molecular flexibility index (Phi) is 7.91. The van der Waals surface area contributed by atoms with Gasteiger partial charge in [0, 0.05) is 6.61 Å². The Bertz CT molecular complexity index is 568. The first-order valence-corrected chi connectivity index (χ1v) is 7.69. The van der Waals surface area contributed by atoms with Crippen molar-refractivity contribution in [3.63, 3.8) is 0 Å². The molecule has 134 valence electrons. The molecule has 0 radical (unpaired) electrons. The minimum atomic E-state index is -4.44. The summed E-state index contributed by atoms with van der Waals surface area (Å²) in [5.74, 6) is -0.196. The van der Waals surface area contributed by atoms with Crippen LogP contribution in [0.4, 0.5) is 18.9 Å². The van der Waals surface area contributed by atoms with Crippen LogP contribution in [-0.4, -0.2) is 31.5 Å². The van der Waals surface area contributed by atoms with Gasteiger partial charge in [-0.2, -0.15) is 13.2 Å². The second-order valence-corrected chi connectivity index (χ2v) is 5.62. The molecule has 0 amide bonds. The number of carbonyl (C=O) groups is 1. The van der Waals surface area contributed by atoms with Crippen molar-refractivity contribution in [2.45, 2.75) is 33.4 Å². The van der Waals surface area contributed by atoms with Crippen LogP contribution >= 0.6 is 0 Å². The Balaban J connectivity index is 2.94. The van der Waals surface area contributed by atoms with Crippen LogP contribution in [0.15, 0.2) is 29.3 Å². The monoisotopic (exact) mass is 345 g/mol. The van der Waals surface area contributed by atoms with Gasteiger partial charge in [-0.3, -0.25) is 9.79 Å². The summed E-state index contributed by atoms with van der Waals surface area (Å²) in [6, 6.07) is 4.63. The largest absolute Gasteiger partial charge is 0.466 e. The van der Waals surface area contributed by atoms with Gasteiger partial charge in [0.25, 0.3) is 0 Å². The summed E-state index contributed by atoms with van der Waals surface area (Å²) in [6.07, 6.45) is -4.57. The maximum absolute atomic E-state index is 12.8. The number of hydrogen-bond acceptors (Lipinski definition) is 4. The number of rotatable bonds is 8. The molecule has 0 heterocycles. The lowest BCUT2D eigenvalue weighted by atomic mass is 10.2. The summed E-state index contributed by atoms with van der Waals surface area (Å²) in [7, 11) is 0. The van der Waals surface area contributed by atoms with E-state index in [2.05, 4.69) is 4.99 Å². The molecule has 1 aromatic rings. The molecule has 0 atom stereocenters. The SMILES string of the molecule is CCOC(=O)CC(COCC(C)C)=Nc1cccc(C(F)(F)F)c1. The first-order chi connectivity index (χ1) is 11.2. The molecule has 0 fully saturated rings. The van der Waals surface area contributed by atoms with E-state index in [1.54, 1.807) is 6.92 Å². The molecule has 0 aliphatic carbocycles. The zero-order valence-electron chi connectivity index (χ0n) is 14.0. The predicted octanol–water partition coefficient (Wildman–Crippen LogP) is 4.40. The Morgan fingerprint density at radius 3 is 2.58 bits per heavy atom. The molecule has 0 aliphatic heterocycles. The fraction of sp³-hybridized carbons (Fsp3) is 0.529. The average Bonchev–Trinajstić information content (AvgIpc) is 2.46. The molecular formula is C17H22F3NO3. The molecule has 1 aromatic carbocycles. The lowest BCUT2D eigenvalue weighted by Gasteiger charge is -2.11. The van der Waals surface area contributed by atoms with Gasteiger partial charge >= 0.3 is 12.1 Å². The standard InChI is InChI=1S/C17H22F3NO3/c1-4-24-16(22)9-15(11-23-10-12(2)3)21-14-7-5-6-13(8-14)17(18,19)20/h5-8,12H,4,9-11H2,1-3H3. The number of ether oxygens (including phenoxy) is 2. The van der Waals surface area contributed by atoms with Gasteiger partial charge in [0.1, 0.15) is 0 Å². The highest BCUT2D eigenvalue weighted by Crippen LogP contribution is 2.31. The number of hydrogen-bond donors (Lipinski definition) is 0. The minimum Gasteiger partial charge on any atom is -0.466 e. The van der Waals surface area contributed by atoms with Crippen molar-refractivity contribution in [2.75, 3.05) is 19.8 Å². The Hall–Kier alpha value is -1.89.